The van der Waals surface area contributed by atoms with E-state index < -0.39 is 6.04 Å². The third-order valence-electron chi connectivity index (χ3n) is 2.99. The van der Waals surface area contributed by atoms with Crippen LogP contribution in [0.1, 0.15) is 37.4 Å². The van der Waals surface area contributed by atoms with Crippen molar-refractivity contribution in [3.8, 4) is 6.07 Å². The summed E-state index contributed by atoms with van der Waals surface area (Å²) >= 11 is 0. The Hall–Kier alpha value is -2.08. The number of hydrogen-bond donors (Lipinski definition) is 0. The molecule has 1 aromatic rings. The van der Waals surface area contributed by atoms with E-state index in [9.17, 15) is 10.1 Å². The van der Waals surface area contributed by atoms with Crippen molar-refractivity contribution in [3.05, 3.63) is 41.1 Å². The van der Waals surface area contributed by atoms with Crippen LogP contribution in [0.3, 0.4) is 0 Å². The molecular weight excluding hydrogens is 212 g/mol. The van der Waals surface area contributed by atoms with E-state index in [-0.39, 0.29) is 5.91 Å². The minimum atomic E-state index is -0.497. The quantitative estimate of drug-likeness (QED) is 0.739. The van der Waals surface area contributed by atoms with Gasteiger partial charge in [-0.05, 0) is 24.1 Å². The highest BCUT2D eigenvalue weighted by molar-refractivity contribution is 5.81. The van der Waals surface area contributed by atoms with Crippen molar-refractivity contribution in [2.24, 2.45) is 0 Å². The van der Waals surface area contributed by atoms with Crippen LogP contribution in [-0.4, -0.2) is 10.8 Å². The number of nitriles is 1. The Kier molecular flexibility index (Phi) is 2.97. The molecule has 0 saturated carbocycles. The van der Waals surface area contributed by atoms with Crippen molar-refractivity contribution in [2.45, 2.75) is 26.3 Å². The van der Waals surface area contributed by atoms with Gasteiger partial charge in [0.25, 0.3) is 0 Å². The summed E-state index contributed by atoms with van der Waals surface area (Å²) in [6, 6.07) is 9.43. The van der Waals surface area contributed by atoms with E-state index in [2.05, 4.69) is 6.07 Å². The molecule has 1 atom stereocenters. The first kappa shape index (κ1) is 11.4. The van der Waals surface area contributed by atoms with Crippen LogP contribution < -0.4 is 0 Å². The first-order valence-electron chi connectivity index (χ1n) is 5.68. The van der Waals surface area contributed by atoms with E-state index >= 15 is 0 Å². The zero-order valence-electron chi connectivity index (χ0n) is 9.97. The highest BCUT2D eigenvalue weighted by Crippen LogP contribution is 2.33. The van der Waals surface area contributed by atoms with Gasteiger partial charge in [-0.15, -0.1) is 0 Å². The Morgan fingerprint density at radius 3 is 2.82 bits per heavy atom. The van der Waals surface area contributed by atoms with Crippen molar-refractivity contribution >= 4 is 12.0 Å². The van der Waals surface area contributed by atoms with Crippen LogP contribution in [0.5, 0.6) is 0 Å². The number of carbonyl (C=O) groups excluding carboxylic acids is 1. The molecule has 1 aromatic carbocycles. The maximum Gasteiger partial charge on any atom is 0.227 e. The number of allylic oxidation sites excluding steroid dienone is 1. The van der Waals surface area contributed by atoms with Crippen LogP contribution in [0.25, 0.3) is 6.08 Å². The van der Waals surface area contributed by atoms with Crippen molar-refractivity contribution < 1.29 is 4.79 Å². The summed E-state index contributed by atoms with van der Waals surface area (Å²) in [5.74, 6) is -0.0141. The minimum Gasteiger partial charge on any atom is -0.296 e. The van der Waals surface area contributed by atoms with E-state index in [1.807, 2.05) is 44.2 Å². The van der Waals surface area contributed by atoms with E-state index in [1.165, 1.54) is 0 Å². The normalized spacial score (nSPS) is 18.1. The van der Waals surface area contributed by atoms with Crippen LogP contribution in [0.15, 0.2) is 30.0 Å². The molecular formula is C14H14N2O. The maximum absolute atomic E-state index is 11.9. The Morgan fingerprint density at radius 2 is 2.18 bits per heavy atom. The van der Waals surface area contributed by atoms with Gasteiger partial charge in [0.2, 0.25) is 5.91 Å². The SMILES string of the molecule is CCC(=O)N1C(C)=Cc2ccccc2C1C#N. The van der Waals surface area contributed by atoms with Crippen LogP contribution in [-0.2, 0) is 4.79 Å². The topological polar surface area (TPSA) is 44.1 Å². The van der Waals surface area contributed by atoms with Crippen molar-refractivity contribution in [1.29, 1.82) is 5.26 Å². The molecule has 0 aliphatic carbocycles. The molecule has 1 aliphatic heterocycles. The Balaban J connectivity index is 2.55. The predicted octanol–water partition coefficient (Wildman–Crippen LogP) is 2.86. The number of fused-ring (bicyclic) bond motifs is 1. The van der Waals surface area contributed by atoms with Gasteiger partial charge in [-0.2, -0.15) is 5.26 Å². The molecule has 3 nitrogen and oxygen atoms in total. The van der Waals surface area contributed by atoms with Gasteiger partial charge in [0.05, 0.1) is 6.07 Å². The van der Waals surface area contributed by atoms with Crippen molar-refractivity contribution in [3.63, 3.8) is 0 Å². The maximum atomic E-state index is 11.9. The molecule has 0 bridgehead atoms. The summed E-state index contributed by atoms with van der Waals surface area (Å²) in [5, 5.41) is 9.30. The standard InChI is InChI=1S/C14H14N2O/c1-3-14(17)16-10(2)8-11-6-4-5-7-12(11)13(16)9-15/h4-8,13H,3H2,1-2H3. The van der Waals surface area contributed by atoms with Gasteiger partial charge in [0.1, 0.15) is 6.04 Å². The Labute approximate surface area is 101 Å². The van der Waals surface area contributed by atoms with Crippen LogP contribution in [0, 0.1) is 11.3 Å². The van der Waals surface area contributed by atoms with Crippen LogP contribution >= 0.6 is 0 Å². The second-order valence-electron chi connectivity index (χ2n) is 4.06. The molecule has 1 aliphatic rings. The van der Waals surface area contributed by atoms with E-state index in [1.54, 1.807) is 4.90 Å². The summed E-state index contributed by atoms with van der Waals surface area (Å²) in [6.07, 6.45) is 2.36. The molecule has 0 N–H and O–H groups in total. The molecule has 0 fully saturated rings. The number of carbonyl (C=O) groups is 1. The highest BCUT2D eigenvalue weighted by atomic mass is 16.2. The molecule has 1 unspecified atom stereocenters. The second kappa shape index (κ2) is 4.42. The third-order valence-corrected chi connectivity index (χ3v) is 2.99. The largest absolute Gasteiger partial charge is 0.296 e. The van der Waals surface area contributed by atoms with E-state index in [4.69, 9.17) is 0 Å². The zero-order chi connectivity index (χ0) is 12.4. The smallest absolute Gasteiger partial charge is 0.227 e. The summed E-state index contributed by atoms with van der Waals surface area (Å²) in [5.41, 5.74) is 2.77. The monoisotopic (exact) mass is 226 g/mol. The van der Waals surface area contributed by atoms with Gasteiger partial charge in [-0.3, -0.25) is 9.69 Å². The summed E-state index contributed by atoms with van der Waals surface area (Å²) < 4.78 is 0. The number of amides is 1. The first-order chi connectivity index (χ1) is 8.19. The number of nitrogens with zero attached hydrogens (tertiary/aromatic N) is 2. The lowest BCUT2D eigenvalue weighted by molar-refractivity contribution is -0.130. The Bertz CT molecular complexity index is 525. The molecule has 0 aromatic heterocycles. The van der Waals surface area contributed by atoms with Gasteiger partial charge < -0.3 is 0 Å². The summed E-state index contributed by atoms with van der Waals surface area (Å²) in [4.78, 5) is 13.5. The van der Waals surface area contributed by atoms with Crippen LogP contribution in [0.4, 0.5) is 0 Å². The molecule has 1 heterocycles. The molecule has 2 rings (SSSR count). The molecule has 0 radical (unpaired) electrons. The summed E-state index contributed by atoms with van der Waals surface area (Å²) in [6.45, 7) is 3.68. The molecule has 17 heavy (non-hydrogen) atoms. The fourth-order valence-electron chi connectivity index (χ4n) is 2.17. The first-order valence-corrected chi connectivity index (χ1v) is 5.68. The average molecular weight is 226 g/mol. The highest BCUT2D eigenvalue weighted by Gasteiger charge is 2.29. The molecule has 1 amide bonds. The minimum absolute atomic E-state index is 0.0141. The van der Waals surface area contributed by atoms with Gasteiger partial charge in [-0.25, -0.2) is 0 Å². The number of rotatable bonds is 1. The lowest BCUT2D eigenvalue weighted by Crippen LogP contribution is -2.34. The van der Waals surface area contributed by atoms with Gasteiger partial charge in [-0.1, -0.05) is 31.2 Å². The van der Waals surface area contributed by atoms with Gasteiger partial charge in [0.15, 0.2) is 0 Å². The van der Waals surface area contributed by atoms with Crippen LogP contribution in [0.2, 0.25) is 0 Å². The van der Waals surface area contributed by atoms with E-state index in [0.29, 0.717) is 6.42 Å². The summed E-state index contributed by atoms with van der Waals surface area (Å²) in [7, 11) is 0. The molecule has 0 saturated heterocycles. The van der Waals surface area contributed by atoms with E-state index in [0.717, 1.165) is 16.8 Å². The molecule has 86 valence electrons. The third kappa shape index (κ3) is 1.83. The number of benzene rings is 1. The Morgan fingerprint density at radius 1 is 1.47 bits per heavy atom. The zero-order valence-corrected chi connectivity index (χ0v) is 9.97. The van der Waals surface area contributed by atoms with Gasteiger partial charge >= 0.3 is 0 Å². The second-order valence-corrected chi connectivity index (χ2v) is 4.06. The van der Waals surface area contributed by atoms with Gasteiger partial charge in [0, 0.05) is 12.1 Å². The number of hydrogen-bond acceptors (Lipinski definition) is 2. The van der Waals surface area contributed by atoms with Crippen molar-refractivity contribution in [2.75, 3.05) is 0 Å². The predicted molar refractivity (Wildman–Crippen MR) is 65.6 cm³/mol. The average Bonchev–Trinajstić information content (AvgIpc) is 2.36. The lowest BCUT2D eigenvalue weighted by Gasteiger charge is -2.32. The molecule has 0 spiro atoms. The fraction of sp³-hybridized carbons (Fsp3) is 0.286. The lowest BCUT2D eigenvalue weighted by atomic mass is 9.94. The fourth-order valence-corrected chi connectivity index (χ4v) is 2.17. The van der Waals surface area contributed by atoms with Crippen molar-refractivity contribution in [1.82, 2.24) is 4.90 Å². The molecule has 3 heteroatoms.